The number of likely N-dealkylation sites (tertiary alicyclic amines) is 1. The standard InChI is InChI=1S/C37H33ClF2N8O2/c1-47-17-6-9-24(47)21-50-37-45-33(30(28-12-2-3-15-43-28)31(39)36(49)48-18-16-42-23(20-48)13-14-41)26-19-44-34(32(40)35(26)46-37)25-10-4-7-22-8-5-11-27(38)29(22)25/h2-5,7-8,10-12,15,19,23-24,42H,6,9,13,16-18,20-21H2,1H3/b31-30-/t23-,24-/m0/s1. The summed E-state index contributed by atoms with van der Waals surface area (Å²) in [6.07, 6.45) is 4.92. The van der Waals surface area contributed by atoms with Crippen LogP contribution in [-0.2, 0) is 4.79 Å². The number of hydrogen-bond donors (Lipinski definition) is 1. The van der Waals surface area contributed by atoms with E-state index in [4.69, 9.17) is 16.3 Å². The second kappa shape index (κ2) is 14.4. The molecular weight excluding hydrogens is 662 g/mol. The van der Waals surface area contributed by atoms with Gasteiger partial charge in [-0.3, -0.25) is 14.8 Å². The molecule has 5 aromatic rings. The number of carbonyl (C=O) groups excluding carboxylic acids is 1. The number of nitrogens with zero attached hydrogens (tertiary/aromatic N) is 7. The van der Waals surface area contributed by atoms with Gasteiger partial charge in [-0.05, 0) is 50.0 Å². The minimum atomic E-state index is -1.13. The molecule has 0 radical (unpaired) electrons. The van der Waals surface area contributed by atoms with Crippen molar-refractivity contribution >= 4 is 44.8 Å². The van der Waals surface area contributed by atoms with E-state index in [-0.39, 0.29) is 77.8 Å². The fourth-order valence-electron chi connectivity index (χ4n) is 6.68. The van der Waals surface area contributed by atoms with Gasteiger partial charge in [-0.2, -0.15) is 15.2 Å². The van der Waals surface area contributed by atoms with E-state index < -0.39 is 17.6 Å². The average molecular weight is 695 g/mol. The number of pyridine rings is 2. The molecule has 2 fully saturated rings. The van der Waals surface area contributed by atoms with Gasteiger partial charge in [0.1, 0.15) is 17.8 Å². The van der Waals surface area contributed by atoms with Gasteiger partial charge < -0.3 is 19.9 Å². The van der Waals surface area contributed by atoms with Crippen LogP contribution >= 0.6 is 11.6 Å². The molecule has 1 amide bonds. The molecule has 0 unspecified atom stereocenters. The number of halogens is 3. The van der Waals surface area contributed by atoms with Crippen molar-refractivity contribution in [1.29, 1.82) is 5.26 Å². The summed E-state index contributed by atoms with van der Waals surface area (Å²) in [6.45, 7) is 1.90. The zero-order valence-corrected chi connectivity index (χ0v) is 28.0. The number of nitriles is 1. The summed E-state index contributed by atoms with van der Waals surface area (Å²) in [5.74, 6) is -2.81. The normalized spacial score (nSPS) is 18.7. The largest absolute Gasteiger partial charge is 0.462 e. The molecule has 3 aromatic heterocycles. The van der Waals surface area contributed by atoms with Gasteiger partial charge in [0.25, 0.3) is 5.91 Å². The molecule has 13 heteroatoms. The van der Waals surface area contributed by atoms with E-state index in [9.17, 15) is 10.1 Å². The van der Waals surface area contributed by atoms with E-state index in [0.29, 0.717) is 22.5 Å². The van der Waals surface area contributed by atoms with Gasteiger partial charge in [0.05, 0.1) is 29.5 Å². The SMILES string of the molecule is CN1CCC[C@H]1COc1nc(/C(=C(\F)C(=O)N2CCN[C@@H](CC#N)C2)c2ccccn2)c2cnc(-c3cccc4cccc(Cl)c34)c(F)c2n1. The van der Waals surface area contributed by atoms with Crippen LogP contribution in [0.15, 0.2) is 72.8 Å². The first kappa shape index (κ1) is 33.4. The Bertz CT molecular complexity index is 2150. The van der Waals surface area contributed by atoms with Crippen LogP contribution in [0.1, 0.15) is 30.7 Å². The molecule has 0 spiro atoms. The van der Waals surface area contributed by atoms with Crippen molar-refractivity contribution in [3.8, 4) is 23.3 Å². The lowest BCUT2D eigenvalue weighted by Crippen LogP contribution is -2.52. The van der Waals surface area contributed by atoms with Crippen molar-refractivity contribution in [3.63, 3.8) is 0 Å². The van der Waals surface area contributed by atoms with Crippen LogP contribution in [0, 0.1) is 17.1 Å². The molecule has 2 aliphatic rings. The van der Waals surface area contributed by atoms with E-state index >= 15 is 8.78 Å². The van der Waals surface area contributed by atoms with Gasteiger partial charge in [0.2, 0.25) is 0 Å². The van der Waals surface area contributed by atoms with E-state index in [1.165, 1.54) is 17.3 Å². The molecule has 2 aliphatic heterocycles. The number of nitrogens with one attached hydrogen (secondary N) is 1. The maximum atomic E-state index is 16.9. The van der Waals surface area contributed by atoms with E-state index in [0.717, 1.165) is 24.8 Å². The monoisotopic (exact) mass is 694 g/mol. The molecular formula is C37H33ClF2N8O2. The highest BCUT2D eigenvalue weighted by Gasteiger charge is 2.32. The van der Waals surface area contributed by atoms with E-state index in [1.807, 2.05) is 25.2 Å². The zero-order chi connectivity index (χ0) is 34.8. The number of hydrogen-bond acceptors (Lipinski definition) is 9. The summed E-state index contributed by atoms with van der Waals surface area (Å²) < 4.78 is 39.9. The molecule has 254 valence electrons. The van der Waals surface area contributed by atoms with Gasteiger partial charge in [-0.1, -0.05) is 48.0 Å². The van der Waals surface area contributed by atoms with Crippen molar-refractivity contribution in [2.24, 2.45) is 0 Å². The second-order valence-electron chi connectivity index (χ2n) is 12.4. The van der Waals surface area contributed by atoms with Crippen LogP contribution in [-0.4, -0.2) is 87.6 Å². The second-order valence-corrected chi connectivity index (χ2v) is 12.8. The molecule has 0 saturated carbocycles. The Morgan fingerprint density at radius 3 is 2.72 bits per heavy atom. The van der Waals surface area contributed by atoms with Crippen molar-refractivity contribution in [2.75, 3.05) is 39.8 Å². The molecule has 7 rings (SSSR count). The predicted molar refractivity (Wildman–Crippen MR) is 186 cm³/mol. The number of likely N-dealkylation sites (N-methyl/N-ethyl adjacent to an activating group) is 1. The summed E-state index contributed by atoms with van der Waals surface area (Å²) in [7, 11) is 2.00. The Morgan fingerprint density at radius 1 is 1.12 bits per heavy atom. The first-order chi connectivity index (χ1) is 24.3. The third-order valence-corrected chi connectivity index (χ3v) is 9.61. The third kappa shape index (κ3) is 6.47. The molecule has 2 saturated heterocycles. The van der Waals surface area contributed by atoms with E-state index in [1.54, 1.807) is 36.4 Å². The minimum absolute atomic E-state index is 0.00779. The summed E-state index contributed by atoms with van der Waals surface area (Å²) in [4.78, 5) is 35.4. The van der Waals surface area contributed by atoms with E-state index in [2.05, 4.69) is 36.2 Å². The van der Waals surface area contributed by atoms with Crippen LogP contribution in [0.3, 0.4) is 0 Å². The number of amides is 1. The molecule has 50 heavy (non-hydrogen) atoms. The number of benzene rings is 2. The number of ether oxygens (including phenoxy) is 1. The first-order valence-corrected chi connectivity index (χ1v) is 16.8. The Morgan fingerprint density at radius 2 is 1.96 bits per heavy atom. The molecule has 5 heterocycles. The fourth-order valence-corrected chi connectivity index (χ4v) is 6.97. The molecule has 0 aliphatic carbocycles. The molecule has 2 aromatic carbocycles. The predicted octanol–water partition coefficient (Wildman–Crippen LogP) is 5.95. The topological polar surface area (TPSA) is 120 Å². The van der Waals surface area contributed by atoms with Crippen LogP contribution < -0.4 is 10.1 Å². The summed E-state index contributed by atoms with van der Waals surface area (Å²) in [6, 6.07) is 17.4. The highest BCUT2D eigenvalue weighted by Crippen LogP contribution is 2.38. The van der Waals surface area contributed by atoms with Crippen molar-refractivity contribution in [1.82, 2.24) is 35.1 Å². The van der Waals surface area contributed by atoms with Crippen molar-refractivity contribution < 1.29 is 18.3 Å². The van der Waals surface area contributed by atoms with Crippen LogP contribution in [0.4, 0.5) is 8.78 Å². The smallest absolute Gasteiger partial charge is 0.317 e. The summed E-state index contributed by atoms with van der Waals surface area (Å²) >= 11 is 6.60. The highest BCUT2D eigenvalue weighted by atomic mass is 35.5. The average Bonchev–Trinajstić information content (AvgIpc) is 3.55. The third-order valence-electron chi connectivity index (χ3n) is 9.29. The number of piperazine rings is 1. The number of carbonyl (C=O) groups is 1. The lowest BCUT2D eigenvalue weighted by molar-refractivity contribution is -0.129. The summed E-state index contributed by atoms with van der Waals surface area (Å²) in [5.41, 5.74) is 0.0507. The maximum Gasteiger partial charge on any atom is 0.317 e. The number of aromatic nitrogens is 4. The van der Waals surface area contributed by atoms with Crippen LogP contribution in [0.2, 0.25) is 5.02 Å². The zero-order valence-electron chi connectivity index (χ0n) is 27.2. The van der Waals surface area contributed by atoms with Gasteiger partial charge >= 0.3 is 6.01 Å². The minimum Gasteiger partial charge on any atom is -0.462 e. The Balaban J connectivity index is 1.43. The first-order valence-electron chi connectivity index (χ1n) is 16.4. The quantitative estimate of drug-likeness (QED) is 0.197. The fraction of sp³-hybridized carbons (Fsp3) is 0.297. The molecule has 0 bridgehead atoms. The highest BCUT2D eigenvalue weighted by molar-refractivity contribution is 6.36. The van der Waals surface area contributed by atoms with Gasteiger partial charge in [0.15, 0.2) is 11.6 Å². The lowest BCUT2D eigenvalue weighted by atomic mass is 9.99. The maximum absolute atomic E-state index is 16.9. The lowest BCUT2D eigenvalue weighted by Gasteiger charge is -2.32. The van der Waals surface area contributed by atoms with Crippen molar-refractivity contribution in [2.45, 2.75) is 31.3 Å². The Kier molecular flexibility index (Phi) is 9.63. The molecule has 1 N–H and O–H groups in total. The Hall–Kier alpha value is -5.09. The van der Waals surface area contributed by atoms with Gasteiger partial charge in [0, 0.05) is 65.5 Å². The number of rotatable bonds is 8. The van der Waals surface area contributed by atoms with Gasteiger partial charge in [-0.15, -0.1) is 0 Å². The molecule has 2 atom stereocenters. The summed E-state index contributed by atoms with van der Waals surface area (Å²) in [5, 5.41) is 14.3. The van der Waals surface area contributed by atoms with Crippen LogP contribution in [0.5, 0.6) is 6.01 Å². The van der Waals surface area contributed by atoms with Crippen molar-refractivity contribution in [3.05, 3.63) is 95.0 Å². The Labute approximate surface area is 292 Å². The number of fused-ring (bicyclic) bond motifs is 2. The molecule has 10 nitrogen and oxygen atoms in total. The van der Waals surface area contributed by atoms with Gasteiger partial charge in [-0.25, -0.2) is 8.78 Å². The van der Waals surface area contributed by atoms with Crippen LogP contribution in [0.25, 0.3) is 38.5 Å².